The Bertz CT molecular complexity index is 805. The summed E-state index contributed by atoms with van der Waals surface area (Å²) in [7, 11) is 2.05. The number of ether oxygens (including phenoxy) is 1. The third kappa shape index (κ3) is 6.21. The van der Waals surface area contributed by atoms with E-state index in [1.165, 1.54) is 11.8 Å². The predicted octanol–water partition coefficient (Wildman–Crippen LogP) is 3.68. The van der Waals surface area contributed by atoms with Crippen LogP contribution < -0.4 is 10.2 Å². The maximum atomic E-state index is 12.3. The summed E-state index contributed by atoms with van der Waals surface area (Å²) < 4.78 is 11.2. The van der Waals surface area contributed by atoms with E-state index in [1.807, 2.05) is 19.2 Å². The van der Waals surface area contributed by atoms with Crippen LogP contribution in [0.5, 0.6) is 0 Å². The fraction of sp³-hybridized carbons (Fsp3) is 0.571. The van der Waals surface area contributed by atoms with Crippen LogP contribution in [0.2, 0.25) is 0 Å². The molecule has 1 fully saturated rings. The third-order valence-corrected chi connectivity index (χ3v) is 5.67. The van der Waals surface area contributed by atoms with Crippen molar-refractivity contribution in [2.24, 2.45) is 0 Å². The first kappa shape index (κ1) is 21.6. The molecule has 8 heteroatoms. The van der Waals surface area contributed by atoms with Gasteiger partial charge in [-0.1, -0.05) is 25.6 Å². The summed E-state index contributed by atoms with van der Waals surface area (Å²) in [4.78, 5) is 23.7. The van der Waals surface area contributed by atoms with Gasteiger partial charge < -0.3 is 19.4 Å². The molecule has 0 aliphatic carbocycles. The number of amides is 1. The van der Waals surface area contributed by atoms with E-state index in [2.05, 4.69) is 34.0 Å². The van der Waals surface area contributed by atoms with Crippen molar-refractivity contribution >= 4 is 23.5 Å². The molecule has 1 aliphatic rings. The van der Waals surface area contributed by atoms with E-state index < -0.39 is 0 Å². The van der Waals surface area contributed by atoms with Gasteiger partial charge in [-0.3, -0.25) is 4.79 Å². The summed E-state index contributed by atoms with van der Waals surface area (Å²) in [5.74, 6) is 2.36. The number of hydrogen-bond donors (Lipinski definition) is 1. The average Bonchev–Trinajstić information content (AvgIpc) is 3.42. The Hall–Kier alpha value is -2.06. The van der Waals surface area contributed by atoms with E-state index in [-0.39, 0.29) is 12.0 Å². The number of anilines is 1. The molecular formula is C21H30N4O3S. The molecule has 0 spiro atoms. The van der Waals surface area contributed by atoms with Crippen LogP contribution in [0.25, 0.3) is 0 Å². The number of aromatic nitrogens is 2. The third-order valence-electron chi connectivity index (χ3n) is 4.80. The van der Waals surface area contributed by atoms with Crippen LogP contribution >= 0.6 is 11.8 Å². The largest absolute Gasteiger partial charge is 0.455 e. The minimum absolute atomic E-state index is 0.118. The van der Waals surface area contributed by atoms with Gasteiger partial charge in [-0.25, -0.2) is 9.97 Å². The quantitative estimate of drug-likeness (QED) is 0.466. The molecule has 1 unspecified atom stereocenters. The second-order valence-electron chi connectivity index (χ2n) is 7.17. The Morgan fingerprint density at radius 1 is 1.34 bits per heavy atom. The van der Waals surface area contributed by atoms with Crippen molar-refractivity contribution in [1.29, 1.82) is 0 Å². The van der Waals surface area contributed by atoms with Gasteiger partial charge in [0.1, 0.15) is 11.6 Å². The van der Waals surface area contributed by atoms with Crippen LogP contribution in [0.3, 0.4) is 0 Å². The molecule has 158 valence electrons. The number of rotatable bonds is 10. The molecular weight excluding hydrogens is 388 g/mol. The number of aryl methyl sites for hydroxylation is 1. The Morgan fingerprint density at radius 2 is 2.21 bits per heavy atom. The van der Waals surface area contributed by atoms with E-state index in [9.17, 15) is 4.79 Å². The van der Waals surface area contributed by atoms with E-state index >= 15 is 0 Å². The summed E-state index contributed by atoms with van der Waals surface area (Å²) in [6.45, 7) is 6.50. The predicted molar refractivity (Wildman–Crippen MR) is 115 cm³/mol. The molecule has 3 rings (SSSR count). The van der Waals surface area contributed by atoms with Gasteiger partial charge in [0.25, 0.3) is 5.91 Å². The van der Waals surface area contributed by atoms with Gasteiger partial charge in [0.15, 0.2) is 10.9 Å². The van der Waals surface area contributed by atoms with Crippen molar-refractivity contribution in [3.05, 3.63) is 35.4 Å². The topological polar surface area (TPSA) is 80.5 Å². The van der Waals surface area contributed by atoms with Crippen LogP contribution in [0.4, 0.5) is 5.82 Å². The number of thioether (sulfide) groups is 1. The van der Waals surface area contributed by atoms with Gasteiger partial charge in [-0.2, -0.15) is 0 Å². The normalized spacial score (nSPS) is 16.2. The molecule has 3 heterocycles. The molecule has 1 N–H and O–H groups in total. The molecule has 1 saturated heterocycles. The smallest absolute Gasteiger partial charge is 0.287 e. The minimum Gasteiger partial charge on any atom is -0.455 e. The molecule has 0 bridgehead atoms. The number of nitrogens with one attached hydrogen (secondary N) is 1. The van der Waals surface area contributed by atoms with E-state index in [1.54, 1.807) is 6.07 Å². The summed E-state index contributed by atoms with van der Waals surface area (Å²) in [5, 5.41) is 3.61. The zero-order valence-electron chi connectivity index (χ0n) is 17.4. The number of hydrogen-bond acceptors (Lipinski definition) is 7. The average molecular weight is 419 g/mol. The highest BCUT2D eigenvalue weighted by Crippen LogP contribution is 2.24. The molecule has 2 aromatic rings. The fourth-order valence-corrected chi connectivity index (χ4v) is 3.93. The summed E-state index contributed by atoms with van der Waals surface area (Å²) in [6, 6.07) is 5.59. The first-order valence-electron chi connectivity index (χ1n) is 10.3. The van der Waals surface area contributed by atoms with Crippen molar-refractivity contribution in [1.82, 2.24) is 15.3 Å². The Kier molecular flexibility index (Phi) is 7.94. The van der Waals surface area contributed by atoms with Crippen molar-refractivity contribution < 1.29 is 13.9 Å². The molecule has 0 saturated carbocycles. The highest BCUT2D eigenvalue weighted by atomic mass is 32.2. The fourth-order valence-electron chi connectivity index (χ4n) is 3.16. The Balaban J connectivity index is 1.57. The molecule has 29 heavy (non-hydrogen) atoms. The van der Waals surface area contributed by atoms with Gasteiger partial charge >= 0.3 is 0 Å². The zero-order valence-corrected chi connectivity index (χ0v) is 18.3. The lowest BCUT2D eigenvalue weighted by Gasteiger charge is -2.18. The SMILES string of the molecule is CCCN(C)c1cc(CC)nc(SCc2ccc(C(=O)NCC3CCCO3)o2)n1. The molecule has 1 aliphatic heterocycles. The molecule has 0 aromatic carbocycles. The lowest BCUT2D eigenvalue weighted by atomic mass is 10.2. The number of carbonyl (C=O) groups is 1. The highest BCUT2D eigenvalue weighted by molar-refractivity contribution is 7.98. The van der Waals surface area contributed by atoms with Gasteiger partial charge in [0.05, 0.1) is 11.9 Å². The van der Waals surface area contributed by atoms with Crippen LogP contribution in [0.15, 0.2) is 27.8 Å². The second-order valence-corrected chi connectivity index (χ2v) is 8.12. The van der Waals surface area contributed by atoms with Crippen LogP contribution in [0.1, 0.15) is 55.1 Å². The first-order chi connectivity index (χ1) is 14.1. The van der Waals surface area contributed by atoms with E-state index in [0.717, 1.165) is 61.3 Å². The lowest BCUT2D eigenvalue weighted by molar-refractivity contribution is 0.0834. The first-order valence-corrected chi connectivity index (χ1v) is 11.3. The van der Waals surface area contributed by atoms with Crippen molar-refractivity contribution in [3.8, 4) is 0 Å². The van der Waals surface area contributed by atoms with Gasteiger partial charge in [-0.05, 0) is 37.8 Å². The van der Waals surface area contributed by atoms with Gasteiger partial charge in [-0.15, -0.1) is 0 Å². The van der Waals surface area contributed by atoms with E-state index in [4.69, 9.17) is 9.15 Å². The van der Waals surface area contributed by atoms with Crippen molar-refractivity contribution in [3.63, 3.8) is 0 Å². The summed E-state index contributed by atoms with van der Waals surface area (Å²) >= 11 is 1.52. The standard InChI is InChI=1S/C21H30N4O3S/c1-4-10-25(3)19-12-15(5-2)23-21(24-19)29-14-17-8-9-18(28-17)20(26)22-13-16-7-6-11-27-16/h8-9,12,16H,4-7,10-11,13-14H2,1-3H3,(H,22,26). The van der Waals surface area contributed by atoms with Gasteiger partial charge in [0, 0.05) is 38.5 Å². The Morgan fingerprint density at radius 3 is 2.93 bits per heavy atom. The number of carbonyl (C=O) groups excluding carboxylic acids is 1. The molecule has 0 radical (unpaired) electrons. The Labute approximate surface area is 176 Å². The highest BCUT2D eigenvalue weighted by Gasteiger charge is 2.18. The molecule has 7 nitrogen and oxygen atoms in total. The minimum atomic E-state index is -0.204. The van der Waals surface area contributed by atoms with E-state index in [0.29, 0.717) is 18.1 Å². The summed E-state index contributed by atoms with van der Waals surface area (Å²) in [5.41, 5.74) is 1.02. The maximum Gasteiger partial charge on any atom is 0.287 e. The van der Waals surface area contributed by atoms with Crippen LogP contribution in [-0.4, -0.2) is 48.7 Å². The number of furan rings is 1. The van der Waals surface area contributed by atoms with Crippen molar-refractivity contribution in [2.75, 3.05) is 31.6 Å². The molecule has 1 amide bonds. The van der Waals surface area contributed by atoms with Crippen LogP contribution in [0, 0.1) is 0 Å². The summed E-state index contributed by atoms with van der Waals surface area (Å²) in [6.07, 6.45) is 4.09. The molecule has 2 aromatic heterocycles. The number of nitrogens with zero attached hydrogens (tertiary/aromatic N) is 3. The zero-order chi connectivity index (χ0) is 20.6. The second kappa shape index (κ2) is 10.6. The monoisotopic (exact) mass is 418 g/mol. The van der Waals surface area contributed by atoms with Crippen molar-refractivity contribution in [2.45, 2.75) is 56.5 Å². The lowest BCUT2D eigenvalue weighted by Crippen LogP contribution is -2.31. The maximum absolute atomic E-state index is 12.3. The van der Waals surface area contributed by atoms with Gasteiger partial charge in [0.2, 0.25) is 0 Å². The molecule has 1 atom stereocenters. The van der Waals surface area contributed by atoms with Crippen LogP contribution in [-0.2, 0) is 16.9 Å².